The predicted molar refractivity (Wildman–Crippen MR) is 84.9 cm³/mol. The van der Waals surface area contributed by atoms with E-state index in [4.69, 9.17) is 4.74 Å². The van der Waals surface area contributed by atoms with Crippen molar-refractivity contribution in [3.05, 3.63) is 46.2 Å². The molecule has 0 bridgehead atoms. The first-order chi connectivity index (χ1) is 10.3. The Labute approximate surface area is 128 Å². The zero-order chi connectivity index (χ0) is 14.7. The van der Waals surface area contributed by atoms with Crippen molar-refractivity contribution in [2.75, 3.05) is 25.5 Å². The Bertz CT molecular complexity index is 639. The minimum atomic E-state index is 0.134. The smallest absolute Gasteiger partial charge is 0.242 e. The molecule has 1 aromatic carbocycles. The van der Waals surface area contributed by atoms with Gasteiger partial charge in [0.1, 0.15) is 5.75 Å². The Kier molecular flexibility index (Phi) is 4.10. The normalized spacial score (nSPS) is 13.7. The minimum Gasteiger partial charge on any atom is -0.497 e. The Morgan fingerprint density at radius 2 is 2.33 bits per heavy atom. The first-order valence-corrected chi connectivity index (χ1v) is 7.85. The lowest BCUT2D eigenvalue weighted by atomic mass is 10.1. The molecule has 1 aliphatic rings. The van der Waals surface area contributed by atoms with Gasteiger partial charge in [0.25, 0.3) is 0 Å². The second-order valence-electron chi connectivity index (χ2n) is 5.02. The number of hydrogen-bond donors (Lipinski definition) is 1. The summed E-state index contributed by atoms with van der Waals surface area (Å²) in [4.78, 5) is 15.6. The molecule has 3 rings (SSSR count). The maximum absolute atomic E-state index is 12.3. The van der Waals surface area contributed by atoms with Gasteiger partial charge in [0.15, 0.2) is 0 Å². The summed E-state index contributed by atoms with van der Waals surface area (Å²) in [6, 6.07) is 9.73. The van der Waals surface area contributed by atoms with E-state index in [1.807, 2.05) is 29.2 Å². The highest BCUT2D eigenvalue weighted by Gasteiger charge is 2.20. The molecule has 110 valence electrons. The van der Waals surface area contributed by atoms with Gasteiger partial charge in [-0.2, -0.15) is 0 Å². The summed E-state index contributed by atoms with van der Waals surface area (Å²) in [5, 5.41) is 5.27. The van der Waals surface area contributed by atoms with E-state index in [9.17, 15) is 4.79 Å². The lowest BCUT2D eigenvalue weighted by Crippen LogP contribution is -2.38. The van der Waals surface area contributed by atoms with Gasteiger partial charge in [-0.1, -0.05) is 6.07 Å². The molecule has 4 nitrogen and oxygen atoms in total. The van der Waals surface area contributed by atoms with Crippen LogP contribution in [0.15, 0.2) is 35.7 Å². The highest BCUT2D eigenvalue weighted by Crippen LogP contribution is 2.24. The van der Waals surface area contributed by atoms with Gasteiger partial charge in [-0.25, -0.2) is 0 Å². The minimum absolute atomic E-state index is 0.134. The van der Waals surface area contributed by atoms with Gasteiger partial charge in [0.2, 0.25) is 5.91 Å². The van der Waals surface area contributed by atoms with Crippen LogP contribution in [0.25, 0.3) is 0 Å². The predicted octanol–water partition coefficient (Wildman–Crippen LogP) is 2.75. The quantitative estimate of drug-likeness (QED) is 0.944. The first-order valence-electron chi connectivity index (χ1n) is 6.97. The summed E-state index contributed by atoms with van der Waals surface area (Å²) in [6.45, 7) is 1.86. The lowest BCUT2D eigenvalue weighted by Gasteiger charge is -2.27. The summed E-state index contributed by atoms with van der Waals surface area (Å²) < 4.78 is 5.17. The third-order valence-electron chi connectivity index (χ3n) is 3.67. The molecule has 0 fully saturated rings. The van der Waals surface area contributed by atoms with Crippen LogP contribution in [0.3, 0.4) is 0 Å². The van der Waals surface area contributed by atoms with Crippen LogP contribution >= 0.6 is 11.3 Å². The summed E-state index contributed by atoms with van der Waals surface area (Å²) in [7, 11) is 1.64. The number of amides is 1. The number of nitrogens with one attached hydrogen (secondary N) is 1. The van der Waals surface area contributed by atoms with E-state index in [-0.39, 0.29) is 5.91 Å². The second kappa shape index (κ2) is 6.18. The lowest BCUT2D eigenvalue weighted by molar-refractivity contribution is -0.130. The Morgan fingerprint density at radius 1 is 1.43 bits per heavy atom. The molecule has 0 saturated heterocycles. The van der Waals surface area contributed by atoms with Crippen LogP contribution in [-0.4, -0.2) is 31.0 Å². The van der Waals surface area contributed by atoms with Crippen LogP contribution in [0.2, 0.25) is 0 Å². The summed E-state index contributed by atoms with van der Waals surface area (Å²) in [5.41, 5.74) is 2.19. The van der Waals surface area contributed by atoms with Crippen LogP contribution in [0.1, 0.15) is 10.4 Å². The third-order valence-corrected chi connectivity index (χ3v) is 4.70. The van der Waals surface area contributed by atoms with Gasteiger partial charge in [-0.05, 0) is 35.6 Å². The maximum Gasteiger partial charge on any atom is 0.242 e. The molecule has 1 amide bonds. The zero-order valence-electron chi connectivity index (χ0n) is 12.0. The van der Waals surface area contributed by atoms with Crippen molar-refractivity contribution >= 4 is 22.9 Å². The molecule has 0 atom stereocenters. The molecular weight excluding hydrogens is 284 g/mol. The number of benzene rings is 1. The van der Waals surface area contributed by atoms with Crippen LogP contribution in [0, 0.1) is 0 Å². The molecule has 1 aromatic heterocycles. The molecular formula is C16H18N2O2S. The highest BCUT2D eigenvalue weighted by molar-refractivity contribution is 7.10. The number of ether oxygens (including phenoxy) is 1. The molecule has 21 heavy (non-hydrogen) atoms. The molecule has 2 heterocycles. The standard InChI is InChI=1S/C16H18N2O2S/c1-20-14-4-2-3-13(9-14)17-10-16(19)18-7-5-15-12(11-18)6-8-21-15/h2-4,6,8-9,17H,5,7,10-11H2,1H3. The molecule has 5 heteroatoms. The van der Waals surface area contributed by atoms with Crippen molar-refractivity contribution < 1.29 is 9.53 Å². The molecule has 1 aliphatic heterocycles. The van der Waals surface area contributed by atoms with Gasteiger partial charge in [0.05, 0.1) is 13.7 Å². The van der Waals surface area contributed by atoms with Crippen molar-refractivity contribution in [3.8, 4) is 5.75 Å². The Balaban J connectivity index is 1.57. The fraction of sp³-hybridized carbons (Fsp3) is 0.312. The largest absolute Gasteiger partial charge is 0.497 e. The highest BCUT2D eigenvalue weighted by atomic mass is 32.1. The van der Waals surface area contributed by atoms with Gasteiger partial charge < -0.3 is 15.0 Å². The molecule has 1 N–H and O–H groups in total. The Morgan fingerprint density at radius 3 is 3.19 bits per heavy atom. The second-order valence-corrected chi connectivity index (χ2v) is 6.02. The van der Waals surface area contributed by atoms with E-state index >= 15 is 0 Å². The molecule has 0 spiro atoms. The van der Waals surface area contributed by atoms with E-state index in [0.717, 1.165) is 30.9 Å². The van der Waals surface area contributed by atoms with Gasteiger partial charge in [-0.15, -0.1) is 11.3 Å². The first kappa shape index (κ1) is 13.9. The summed E-state index contributed by atoms with van der Waals surface area (Å²) in [6.07, 6.45) is 0.970. The van der Waals surface area contributed by atoms with Gasteiger partial charge in [-0.3, -0.25) is 4.79 Å². The van der Waals surface area contributed by atoms with Crippen LogP contribution in [0.5, 0.6) is 5.75 Å². The number of methoxy groups -OCH3 is 1. The fourth-order valence-electron chi connectivity index (χ4n) is 2.48. The van der Waals surface area contributed by atoms with Crippen LogP contribution in [0.4, 0.5) is 5.69 Å². The number of anilines is 1. The van der Waals surface area contributed by atoms with Crippen LogP contribution in [-0.2, 0) is 17.8 Å². The SMILES string of the molecule is COc1cccc(NCC(=O)N2CCc3sccc3C2)c1. The average Bonchev–Trinajstić information content (AvgIpc) is 3.00. The average molecular weight is 302 g/mol. The number of fused-ring (bicyclic) bond motifs is 1. The summed E-state index contributed by atoms with van der Waals surface area (Å²) >= 11 is 1.79. The van der Waals surface area contributed by atoms with Crippen molar-refractivity contribution in [1.29, 1.82) is 0 Å². The van der Waals surface area contributed by atoms with E-state index in [0.29, 0.717) is 6.54 Å². The third kappa shape index (κ3) is 3.19. The topological polar surface area (TPSA) is 41.6 Å². The number of thiophene rings is 1. The van der Waals surface area contributed by atoms with Gasteiger partial charge >= 0.3 is 0 Å². The zero-order valence-corrected chi connectivity index (χ0v) is 12.8. The number of rotatable bonds is 4. The maximum atomic E-state index is 12.3. The summed E-state index contributed by atoms with van der Waals surface area (Å²) in [5.74, 6) is 0.919. The van der Waals surface area contributed by atoms with Crippen LogP contribution < -0.4 is 10.1 Å². The fourth-order valence-corrected chi connectivity index (χ4v) is 3.37. The molecule has 0 aliphatic carbocycles. The van der Waals surface area contributed by atoms with Crippen molar-refractivity contribution in [2.24, 2.45) is 0 Å². The number of carbonyl (C=O) groups is 1. The van der Waals surface area contributed by atoms with E-state index in [1.54, 1.807) is 18.4 Å². The molecule has 0 saturated carbocycles. The Hall–Kier alpha value is -2.01. The van der Waals surface area contributed by atoms with E-state index in [2.05, 4.69) is 16.8 Å². The van der Waals surface area contributed by atoms with Crippen molar-refractivity contribution in [1.82, 2.24) is 4.90 Å². The monoisotopic (exact) mass is 302 g/mol. The molecule has 2 aromatic rings. The number of hydrogen-bond acceptors (Lipinski definition) is 4. The van der Waals surface area contributed by atoms with Crippen molar-refractivity contribution in [2.45, 2.75) is 13.0 Å². The molecule has 0 unspecified atom stereocenters. The van der Waals surface area contributed by atoms with Crippen molar-refractivity contribution in [3.63, 3.8) is 0 Å². The van der Waals surface area contributed by atoms with E-state index < -0.39 is 0 Å². The number of carbonyl (C=O) groups excluding carboxylic acids is 1. The van der Waals surface area contributed by atoms with E-state index in [1.165, 1.54) is 10.4 Å². The number of nitrogens with zero attached hydrogens (tertiary/aromatic N) is 1. The van der Waals surface area contributed by atoms with Gasteiger partial charge in [0, 0.05) is 29.7 Å². The molecule has 0 radical (unpaired) electrons.